The Morgan fingerprint density at radius 3 is 2.67 bits per heavy atom. The minimum absolute atomic E-state index is 0.0856. The van der Waals surface area contributed by atoms with Crippen LogP contribution in [0.15, 0.2) is 29.1 Å². The third kappa shape index (κ3) is 2.62. The summed E-state index contributed by atoms with van der Waals surface area (Å²) >= 11 is 3.00. The zero-order valence-electron chi connectivity index (χ0n) is 11.7. The van der Waals surface area contributed by atoms with Crippen LogP contribution in [0, 0.1) is 11.6 Å². The van der Waals surface area contributed by atoms with E-state index in [0.29, 0.717) is 0 Å². The molecule has 0 spiro atoms. The molecule has 112 valence electrons. The number of piperidine rings is 1. The molecule has 1 aromatic carbocycles. The van der Waals surface area contributed by atoms with Gasteiger partial charge in [0.1, 0.15) is 11.6 Å². The van der Waals surface area contributed by atoms with Gasteiger partial charge in [0.05, 0.1) is 16.5 Å². The lowest BCUT2D eigenvalue weighted by Crippen LogP contribution is -2.38. The lowest BCUT2D eigenvalue weighted by molar-refractivity contribution is 0.323. The van der Waals surface area contributed by atoms with E-state index in [2.05, 4.69) is 33.2 Å². The summed E-state index contributed by atoms with van der Waals surface area (Å²) in [7, 11) is 0. The largest absolute Gasteiger partial charge is 0.317 e. The second-order valence-electron chi connectivity index (χ2n) is 5.68. The van der Waals surface area contributed by atoms with Crippen LogP contribution in [-0.2, 0) is 5.41 Å². The third-order valence-electron chi connectivity index (χ3n) is 4.21. The third-order valence-corrected chi connectivity index (χ3v) is 4.82. The van der Waals surface area contributed by atoms with Gasteiger partial charge in [-0.2, -0.15) is 0 Å². The summed E-state index contributed by atoms with van der Waals surface area (Å²) in [6, 6.07) is 2.36. The molecule has 6 heteroatoms. The summed E-state index contributed by atoms with van der Waals surface area (Å²) in [5, 5.41) is 3.32. The molecule has 1 N–H and O–H groups in total. The molecule has 3 rings (SSSR count). The molecule has 3 nitrogen and oxygen atoms in total. The molecule has 0 amide bonds. The van der Waals surface area contributed by atoms with Gasteiger partial charge in [-0.1, -0.05) is 6.92 Å². The van der Waals surface area contributed by atoms with E-state index in [0.717, 1.165) is 37.7 Å². The first-order valence-electron chi connectivity index (χ1n) is 6.90. The van der Waals surface area contributed by atoms with E-state index in [1.54, 1.807) is 17.1 Å². The second kappa shape index (κ2) is 5.50. The van der Waals surface area contributed by atoms with Crippen molar-refractivity contribution in [1.29, 1.82) is 0 Å². The van der Waals surface area contributed by atoms with E-state index in [1.807, 2.05) is 0 Å². The molecule has 1 saturated heterocycles. The fourth-order valence-electron chi connectivity index (χ4n) is 2.86. The van der Waals surface area contributed by atoms with Crippen molar-refractivity contribution in [2.75, 3.05) is 13.1 Å². The minimum Gasteiger partial charge on any atom is -0.317 e. The minimum atomic E-state index is -0.485. The molecule has 1 fully saturated rings. The van der Waals surface area contributed by atoms with Crippen molar-refractivity contribution < 1.29 is 8.78 Å². The van der Waals surface area contributed by atoms with Crippen molar-refractivity contribution in [2.24, 2.45) is 0 Å². The van der Waals surface area contributed by atoms with Gasteiger partial charge in [-0.05, 0) is 47.9 Å². The van der Waals surface area contributed by atoms with Crippen molar-refractivity contribution in [3.05, 3.63) is 46.5 Å². The molecule has 2 heterocycles. The monoisotopic (exact) mass is 355 g/mol. The molecule has 1 aliphatic rings. The number of aromatic nitrogens is 2. The fraction of sp³-hybridized carbons (Fsp3) is 0.400. The molecule has 0 unspecified atom stereocenters. The predicted octanol–water partition coefficient (Wildman–Crippen LogP) is 3.55. The first kappa shape index (κ1) is 14.7. The zero-order valence-corrected chi connectivity index (χ0v) is 13.3. The zero-order chi connectivity index (χ0) is 15.0. The average Bonchev–Trinajstić information content (AvgIpc) is 2.93. The number of hydrogen-bond donors (Lipinski definition) is 1. The van der Waals surface area contributed by atoms with E-state index in [4.69, 9.17) is 0 Å². The molecular weight excluding hydrogens is 340 g/mol. The van der Waals surface area contributed by atoms with E-state index in [9.17, 15) is 8.78 Å². The summed E-state index contributed by atoms with van der Waals surface area (Å²) in [5.41, 5.74) is 1.03. The van der Waals surface area contributed by atoms with Gasteiger partial charge in [0.2, 0.25) is 0 Å². The Morgan fingerprint density at radius 1 is 1.24 bits per heavy atom. The highest BCUT2D eigenvalue weighted by atomic mass is 79.9. The Kier molecular flexibility index (Phi) is 3.84. The van der Waals surface area contributed by atoms with Gasteiger partial charge >= 0.3 is 0 Å². The van der Waals surface area contributed by atoms with Crippen LogP contribution in [0.2, 0.25) is 0 Å². The number of rotatable bonds is 2. The molecule has 21 heavy (non-hydrogen) atoms. The van der Waals surface area contributed by atoms with Gasteiger partial charge in [-0.15, -0.1) is 0 Å². The Balaban J connectivity index is 2.09. The van der Waals surface area contributed by atoms with Crippen molar-refractivity contribution in [3.8, 4) is 5.69 Å². The lowest BCUT2D eigenvalue weighted by atomic mass is 9.78. The smallest absolute Gasteiger partial charge is 0.148 e. The molecule has 0 saturated carbocycles. The van der Waals surface area contributed by atoms with Gasteiger partial charge in [0, 0.05) is 23.4 Å². The van der Waals surface area contributed by atoms with Gasteiger partial charge < -0.3 is 5.32 Å². The number of nitrogens with zero attached hydrogens (tertiary/aromatic N) is 2. The molecular formula is C15H16BrF2N3. The highest BCUT2D eigenvalue weighted by Crippen LogP contribution is 2.35. The van der Waals surface area contributed by atoms with Crippen LogP contribution in [0.4, 0.5) is 8.78 Å². The van der Waals surface area contributed by atoms with Gasteiger partial charge in [-0.3, -0.25) is 4.57 Å². The summed E-state index contributed by atoms with van der Waals surface area (Å²) < 4.78 is 29.8. The van der Waals surface area contributed by atoms with E-state index < -0.39 is 11.6 Å². The highest BCUT2D eigenvalue weighted by molar-refractivity contribution is 9.10. The van der Waals surface area contributed by atoms with Crippen molar-refractivity contribution in [1.82, 2.24) is 14.9 Å². The Bertz CT molecular complexity index is 663. The number of nitrogens with one attached hydrogen (secondary N) is 1. The normalized spacial score (nSPS) is 17.9. The summed E-state index contributed by atoms with van der Waals surface area (Å²) in [6.45, 7) is 3.98. The fourth-order valence-corrected chi connectivity index (χ4v) is 3.18. The molecule has 1 aromatic heterocycles. The molecule has 0 radical (unpaired) electrons. The van der Waals surface area contributed by atoms with Crippen LogP contribution in [0.3, 0.4) is 0 Å². The number of imidazole rings is 1. The molecule has 0 aliphatic carbocycles. The maximum atomic E-state index is 14.2. The van der Waals surface area contributed by atoms with Crippen LogP contribution in [-0.4, -0.2) is 22.6 Å². The quantitative estimate of drug-likeness (QED) is 0.834. The van der Waals surface area contributed by atoms with Crippen molar-refractivity contribution >= 4 is 15.9 Å². The van der Waals surface area contributed by atoms with Gasteiger partial charge in [0.25, 0.3) is 0 Å². The van der Waals surface area contributed by atoms with Crippen LogP contribution in [0.5, 0.6) is 0 Å². The van der Waals surface area contributed by atoms with Gasteiger partial charge in [-0.25, -0.2) is 13.8 Å². The Labute approximate surface area is 130 Å². The van der Waals surface area contributed by atoms with Crippen LogP contribution < -0.4 is 5.32 Å². The summed E-state index contributed by atoms with van der Waals surface area (Å²) in [5.74, 6) is -0.957. The topological polar surface area (TPSA) is 29.9 Å². The molecule has 0 bridgehead atoms. The average molecular weight is 356 g/mol. The predicted molar refractivity (Wildman–Crippen MR) is 80.6 cm³/mol. The number of halogens is 3. The van der Waals surface area contributed by atoms with Crippen LogP contribution in [0.25, 0.3) is 5.69 Å². The van der Waals surface area contributed by atoms with Crippen LogP contribution in [0.1, 0.15) is 25.5 Å². The van der Waals surface area contributed by atoms with E-state index in [1.165, 1.54) is 6.07 Å². The number of hydrogen-bond acceptors (Lipinski definition) is 2. The number of benzene rings is 1. The first-order valence-corrected chi connectivity index (χ1v) is 7.69. The molecule has 2 aromatic rings. The van der Waals surface area contributed by atoms with Crippen molar-refractivity contribution in [3.63, 3.8) is 0 Å². The van der Waals surface area contributed by atoms with Crippen LogP contribution >= 0.6 is 15.9 Å². The SMILES string of the molecule is CC1(c2cncn2-c2cc(F)c(Br)cc2F)CCNCC1. The van der Waals surface area contributed by atoms with Gasteiger partial charge in [0.15, 0.2) is 0 Å². The highest BCUT2D eigenvalue weighted by Gasteiger charge is 2.32. The Hall–Kier alpha value is -1.27. The molecule has 1 aliphatic heterocycles. The lowest BCUT2D eigenvalue weighted by Gasteiger charge is -2.34. The Morgan fingerprint density at radius 2 is 1.95 bits per heavy atom. The van der Waals surface area contributed by atoms with E-state index >= 15 is 0 Å². The maximum absolute atomic E-state index is 14.2. The standard InChI is InChI=1S/C15H16BrF2N3/c1-15(2-4-19-5-3-15)14-8-20-9-21(14)13-7-11(17)10(16)6-12(13)18/h6-9,19H,2-5H2,1H3. The van der Waals surface area contributed by atoms with E-state index in [-0.39, 0.29) is 15.6 Å². The summed E-state index contributed by atoms with van der Waals surface area (Å²) in [4.78, 5) is 4.15. The van der Waals surface area contributed by atoms with Crippen molar-refractivity contribution in [2.45, 2.75) is 25.2 Å². The summed E-state index contributed by atoms with van der Waals surface area (Å²) in [6.07, 6.45) is 5.19. The second-order valence-corrected chi connectivity index (χ2v) is 6.53. The molecule has 0 atom stereocenters. The maximum Gasteiger partial charge on any atom is 0.148 e. The first-order chi connectivity index (χ1) is 10.0.